The van der Waals surface area contributed by atoms with Gasteiger partial charge in [0, 0.05) is 28.5 Å². The number of nitrogens with two attached hydrogens (primary N) is 1. The first-order valence-electron chi connectivity index (χ1n) is 6.38. The van der Waals surface area contributed by atoms with E-state index in [0.29, 0.717) is 11.3 Å². The highest BCUT2D eigenvalue weighted by atomic mass is 35.5. The number of carbonyl (C=O) groups is 1. The Hall–Kier alpha value is -2.46. The molecule has 4 N–H and O–H groups in total. The van der Waals surface area contributed by atoms with E-state index in [-0.39, 0.29) is 18.3 Å². The molecule has 0 radical (unpaired) electrons. The van der Waals surface area contributed by atoms with Crippen LogP contribution in [0.1, 0.15) is 15.9 Å². The number of carbonyl (C=O) groups excluding carboxylic acids is 1. The number of fused-ring (bicyclic) bond motifs is 1. The van der Waals surface area contributed by atoms with Gasteiger partial charge in [-0.25, -0.2) is 0 Å². The number of hydrogen-bond donors (Lipinski definition) is 3. The van der Waals surface area contributed by atoms with Crippen LogP contribution in [0.3, 0.4) is 0 Å². The second-order valence-electron chi connectivity index (χ2n) is 4.83. The Balaban J connectivity index is 0.00000161. The number of amides is 1. The SMILES string of the molecule is Cc1cccc(NC(=O)c2c[nH]c3cc(N)ccc23)c1.Cl. The molecule has 0 saturated carbocycles. The molecule has 5 heteroatoms. The maximum atomic E-state index is 12.3. The summed E-state index contributed by atoms with van der Waals surface area (Å²) in [5, 5.41) is 3.77. The largest absolute Gasteiger partial charge is 0.399 e. The number of aryl methyl sites for hydroxylation is 1. The third-order valence-corrected chi connectivity index (χ3v) is 3.23. The number of anilines is 2. The van der Waals surface area contributed by atoms with Crippen molar-refractivity contribution < 1.29 is 4.79 Å². The molecule has 0 bridgehead atoms. The summed E-state index contributed by atoms with van der Waals surface area (Å²) >= 11 is 0. The number of aromatic nitrogens is 1. The predicted octanol–water partition coefficient (Wildman–Crippen LogP) is 3.73. The molecule has 1 heterocycles. The fourth-order valence-electron chi connectivity index (χ4n) is 2.25. The van der Waals surface area contributed by atoms with Crippen LogP contribution >= 0.6 is 12.4 Å². The minimum Gasteiger partial charge on any atom is -0.399 e. The highest BCUT2D eigenvalue weighted by Crippen LogP contribution is 2.22. The number of H-pyrrole nitrogens is 1. The van der Waals surface area contributed by atoms with Crippen LogP contribution in [-0.2, 0) is 0 Å². The van der Waals surface area contributed by atoms with Gasteiger partial charge in [0.15, 0.2) is 0 Å². The van der Waals surface area contributed by atoms with Gasteiger partial charge in [0.2, 0.25) is 0 Å². The first kappa shape index (κ1) is 14.9. The third kappa shape index (κ3) is 3.01. The van der Waals surface area contributed by atoms with E-state index in [1.165, 1.54) is 0 Å². The fraction of sp³-hybridized carbons (Fsp3) is 0.0625. The van der Waals surface area contributed by atoms with Crippen molar-refractivity contribution in [1.29, 1.82) is 0 Å². The summed E-state index contributed by atoms with van der Waals surface area (Å²) in [5.41, 5.74) is 9.77. The molecule has 1 amide bonds. The maximum Gasteiger partial charge on any atom is 0.257 e. The van der Waals surface area contributed by atoms with Crippen molar-refractivity contribution in [1.82, 2.24) is 4.98 Å². The van der Waals surface area contributed by atoms with Gasteiger partial charge in [-0.2, -0.15) is 0 Å². The minimum atomic E-state index is -0.133. The van der Waals surface area contributed by atoms with Crippen molar-refractivity contribution in [3.05, 3.63) is 59.8 Å². The average molecular weight is 302 g/mol. The zero-order valence-electron chi connectivity index (χ0n) is 11.5. The van der Waals surface area contributed by atoms with Gasteiger partial charge in [-0.05, 0) is 42.8 Å². The molecule has 0 unspecified atom stereocenters. The Morgan fingerprint density at radius 1 is 1.19 bits per heavy atom. The molecule has 0 aliphatic heterocycles. The van der Waals surface area contributed by atoms with Gasteiger partial charge in [-0.15, -0.1) is 12.4 Å². The van der Waals surface area contributed by atoms with E-state index in [0.717, 1.165) is 22.2 Å². The smallest absolute Gasteiger partial charge is 0.257 e. The lowest BCUT2D eigenvalue weighted by molar-refractivity contribution is 0.102. The number of nitrogen functional groups attached to an aromatic ring is 1. The Labute approximate surface area is 128 Å². The molecule has 21 heavy (non-hydrogen) atoms. The minimum absolute atomic E-state index is 0. The van der Waals surface area contributed by atoms with Gasteiger partial charge in [0.1, 0.15) is 0 Å². The normalized spacial score (nSPS) is 10.1. The predicted molar refractivity (Wildman–Crippen MR) is 89.1 cm³/mol. The van der Waals surface area contributed by atoms with Crippen LogP contribution in [0.25, 0.3) is 10.9 Å². The van der Waals surface area contributed by atoms with Crippen molar-refractivity contribution in [2.75, 3.05) is 11.1 Å². The van der Waals surface area contributed by atoms with E-state index in [4.69, 9.17) is 5.73 Å². The first-order chi connectivity index (χ1) is 9.63. The van der Waals surface area contributed by atoms with Crippen LogP contribution in [0.5, 0.6) is 0 Å². The highest BCUT2D eigenvalue weighted by molar-refractivity contribution is 6.13. The van der Waals surface area contributed by atoms with Crippen LogP contribution in [0.4, 0.5) is 11.4 Å². The molecule has 0 aliphatic rings. The maximum absolute atomic E-state index is 12.3. The second-order valence-corrected chi connectivity index (χ2v) is 4.83. The van der Waals surface area contributed by atoms with E-state index >= 15 is 0 Å². The molecule has 0 saturated heterocycles. The molecule has 1 aromatic heterocycles. The number of nitrogens with one attached hydrogen (secondary N) is 2. The number of halogens is 1. The van der Waals surface area contributed by atoms with Gasteiger partial charge >= 0.3 is 0 Å². The molecule has 3 rings (SSSR count). The van der Waals surface area contributed by atoms with Crippen LogP contribution in [-0.4, -0.2) is 10.9 Å². The van der Waals surface area contributed by atoms with Gasteiger partial charge in [0.05, 0.1) is 5.56 Å². The monoisotopic (exact) mass is 301 g/mol. The summed E-state index contributed by atoms with van der Waals surface area (Å²) < 4.78 is 0. The molecule has 0 spiro atoms. The first-order valence-corrected chi connectivity index (χ1v) is 6.38. The summed E-state index contributed by atoms with van der Waals surface area (Å²) in [7, 11) is 0. The second kappa shape index (κ2) is 5.89. The van der Waals surface area contributed by atoms with E-state index in [1.807, 2.05) is 43.3 Å². The highest BCUT2D eigenvalue weighted by Gasteiger charge is 2.12. The topological polar surface area (TPSA) is 70.9 Å². The zero-order chi connectivity index (χ0) is 14.1. The van der Waals surface area contributed by atoms with E-state index in [1.54, 1.807) is 12.3 Å². The summed E-state index contributed by atoms with van der Waals surface area (Å²) in [6, 6.07) is 13.2. The quantitative estimate of drug-likeness (QED) is 0.631. The number of hydrogen-bond acceptors (Lipinski definition) is 2. The Morgan fingerprint density at radius 3 is 2.76 bits per heavy atom. The van der Waals surface area contributed by atoms with Gasteiger partial charge in [-0.3, -0.25) is 4.79 Å². The summed E-state index contributed by atoms with van der Waals surface area (Å²) in [5.74, 6) is -0.133. The van der Waals surface area contributed by atoms with Crippen LogP contribution in [0.15, 0.2) is 48.7 Å². The zero-order valence-corrected chi connectivity index (χ0v) is 12.3. The number of aromatic amines is 1. The Kier molecular flexibility index (Phi) is 4.19. The standard InChI is InChI=1S/C16H15N3O.ClH/c1-10-3-2-4-12(7-10)19-16(20)14-9-18-15-8-11(17)5-6-13(14)15;/h2-9,18H,17H2,1H3,(H,19,20);1H. The van der Waals surface area contributed by atoms with E-state index in [2.05, 4.69) is 10.3 Å². The lowest BCUT2D eigenvalue weighted by atomic mass is 10.1. The summed E-state index contributed by atoms with van der Waals surface area (Å²) in [4.78, 5) is 15.4. The molecule has 3 aromatic rings. The van der Waals surface area contributed by atoms with Crippen molar-refractivity contribution >= 4 is 40.6 Å². The summed E-state index contributed by atoms with van der Waals surface area (Å²) in [6.45, 7) is 1.99. The molecule has 4 nitrogen and oxygen atoms in total. The van der Waals surface area contributed by atoms with E-state index < -0.39 is 0 Å². The van der Waals surface area contributed by atoms with Crippen LogP contribution in [0, 0.1) is 6.92 Å². The molecule has 0 atom stereocenters. The molecule has 0 fully saturated rings. The van der Waals surface area contributed by atoms with Gasteiger partial charge in [0.25, 0.3) is 5.91 Å². The Bertz CT molecular complexity index is 795. The molecule has 0 aliphatic carbocycles. The average Bonchev–Trinajstić information content (AvgIpc) is 2.81. The molecular weight excluding hydrogens is 286 g/mol. The van der Waals surface area contributed by atoms with Crippen molar-refractivity contribution in [2.24, 2.45) is 0 Å². The van der Waals surface area contributed by atoms with Crippen molar-refractivity contribution in [3.63, 3.8) is 0 Å². The van der Waals surface area contributed by atoms with Gasteiger partial charge in [-0.1, -0.05) is 12.1 Å². The number of rotatable bonds is 2. The van der Waals surface area contributed by atoms with Crippen molar-refractivity contribution in [2.45, 2.75) is 6.92 Å². The van der Waals surface area contributed by atoms with Crippen LogP contribution < -0.4 is 11.1 Å². The fourth-order valence-corrected chi connectivity index (χ4v) is 2.25. The third-order valence-electron chi connectivity index (χ3n) is 3.23. The lowest BCUT2D eigenvalue weighted by Gasteiger charge is -2.05. The molecule has 108 valence electrons. The molecular formula is C16H16ClN3O. The van der Waals surface area contributed by atoms with Crippen LogP contribution in [0.2, 0.25) is 0 Å². The van der Waals surface area contributed by atoms with E-state index in [9.17, 15) is 4.79 Å². The molecule has 2 aromatic carbocycles. The summed E-state index contributed by atoms with van der Waals surface area (Å²) in [6.07, 6.45) is 1.70. The Morgan fingerprint density at radius 2 is 2.00 bits per heavy atom. The lowest BCUT2D eigenvalue weighted by Crippen LogP contribution is -2.11. The van der Waals surface area contributed by atoms with Gasteiger partial charge < -0.3 is 16.0 Å². The van der Waals surface area contributed by atoms with Crippen molar-refractivity contribution in [3.8, 4) is 0 Å². The number of benzene rings is 2.